The van der Waals surface area contributed by atoms with Crippen LogP contribution in [-0.2, 0) is 0 Å². The summed E-state index contributed by atoms with van der Waals surface area (Å²) >= 11 is 0. The van der Waals surface area contributed by atoms with E-state index in [0.717, 1.165) is 11.1 Å². The molecule has 0 fully saturated rings. The fraction of sp³-hybridized carbons (Fsp3) is 0.100. The minimum absolute atomic E-state index is 0.230. The third kappa shape index (κ3) is 1.01. The molecule has 2 nitrogen and oxygen atoms in total. The molecule has 0 amide bonds. The molecule has 0 radical (unpaired) electrons. The molecule has 0 aromatic heterocycles. The van der Waals surface area contributed by atoms with Gasteiger partial charge < -0.3 is 10.5 Å². The number of phenols is 1. The van der Waals surface area contributed by atoms with Crippen LogP contribution in [0.15, 0.2) is 24.3 Å². The Bertz CT molecular complexity index is 366. The normalized spacial score (nSPS) is 14.5. The molecule has 0 aliphatic heterocycles. The highest BCUT2D eigenvalue weighted by atomic mass is 16.3. The highest BCUT2D eigenvalue weighted by Crippen LogP contribution is 2.22. The Morgan fingerprint density at radius 1 is 1.33 bits per heavy atom. The zero-order valence-electron chi connectivity index (χ0n) is 6.54. The molecule has 1 aromatic rings. The monoisotopic (exact) mass is 159 g/mol. The molecule has 2 N–H and O–H groups in total. The molecule has 1 aromatic carbocycles. The Morgan fingerprint density at radius 3 is 3.00 bits per heavy atom. The largest absolute Gasteiger partial charge is 0.508 e. The van der Waals surface area contributed by atoms with Crippen molar-refractivity contribution < 1.29 is 5.11 Å². The standard InChI is InChI=1S/C10H9NO/c11-10-3-1-2-7-4-5-8(12)6-9(7)10/h1-2,4-6,11-12H,3H2. The molecule has 2 heteroatoms. The number of allylic oxidation sites excluding steroid dienone is 1. The lowest BCUT2D eigenvalue weighted by Gasteiger charge is -2.10. The summed E-state index contributed by atoms with van der Waals surface area (Å²) < 4.78 is 0. The molecule has 0 spiro atoms. The number of phenolic OH excluding ortho intramolecular Hbond substituents is 1. The predicted octanol–water partition coefficient (Wildman–Crippen LogP) is 2.18. The Labute approximate surface area is 70.7 Å². The van der Waals surface area contributed by atoms with Crippen molar-refractivity contribution in [1.29, 1.82) is 5.41 Å². The molecule has 12 heavy (non-hydrogen) atoms. The van der Waals surface area contributed by atoms with Gasteiger partial charge in [-0.3, -0.25) is 0 Å². The molecule has 0 unspecified atom stereocenters. The molecular weight excluding hydrogens is 150 g/mol. The van der Waals surface area contributed by atoms with Gasteiger partial charge in [0.1, 0.15) is 5.75 Å². The molecule has 0 saturated heterocycles. The molecule has 0 heterocycles. The lowest BCUT2D eigenvalue weighted by atomic mass is 9.95. The van der Waals surface area contributed by atoms with Crippen LogP contribution in [0.3, 0.4) is 0 Å². The van der Waals surface area contributed by atoms with Gasteiger partial charge in [0.05, 0.1) is 0 Å². The van der Waals surface area contributed by atoms with Gasteiger partial charge in [-0.15, -0.1) is 0 Å². The molecule has 0 bridgehead atoms. The number of rotatable bonds is 0. The Morgan fingerprint density at radius 2 is 2.17 bits per heavy atom. The predicted molar refractivity (Wildman–Crippen MR) is 48.6 cm³/mol. The summed E-state index contributed by atoms with van der Waals surface area (Å²) in [4.78, 5) is 0. The molecule has 60 valence electrons. The van der Waals surface area contributed by atoms with Gasteiger partial charge in [-0.05, 0) is 17.7 Å². The second-order valence-corrected chi connectivity index (χ2v) is 2.86. The van der Waals surface area contributed by atoms with Gasteiger partial charge in [0.25, 0.3) is 0 Å². The minimum Gasteiger partial charge on any atom is -0.508 e. The number of nitrogens with one attached hydrogen (secondary N) is 1. The summed E-state index contributed by atoms with van der Waals surface area (Å²) in [7, 11) is 0. The van der Waals surface area contributed by atoms with Crippen molar-refractivity contribution in [3.8, 4) is 5.75 Å². The zero-order chi connectivity index (χ0) is 8.55. The van der Waals surface area contributed by atoms with Gasteiger partial charge in [-0.2, -0.15) is 0 Å². The van der Waals surface area contributed by atoms with Crippen LogP contribution in [0.1, 0.15) is 17.5 Å². The van der Waals surface area contributed by atoms with Crippen LogP contribution >= 0.6 is 0 Å². The average molecular weight is 159 g/mol. The van der Waals surface area contributed by atoms with Crippen molar-refractivity contribution in [2.75, 3.05) is 0 Å². The molecule has 0 saturated carbocycles. The third-order valence-corrected chi connectivity index (χ3v) is 1.98. The van der Waals surface area contributed by atoms with Crippen LogP contribution in [0.5, 0.6) is 5.75 Å². The van der Waals surface area contributed by atoms with Crippen molar-refractivity contribution in [3.63, 3.8) is 0 Å². The summed E-state index contributed by atoms with van der Waals surface area (Å²) in [6.45, 7) is 0. The van der Waals surface area contributed by atoms with E-state index in [-0.39, 0.29) is 5.75 Å². The number of fused-ring (bicyclic) bond motifs is 1. The summed E-state index contributed by atoms with van der Waals surface area (Å²) in [6, 6.07) is 5.11. The summed E-state index contributed by atoms with van der Waals surface area (Å²) in [5.41, 5.74) is 2.44. The third-order valence-electron chi connectivity index (χ3n) is 1.98. The van der Waals surface area contributed by atoms with E-state index in [9.17, 15) is 5.11 Å². The van der Waals surface area contributed by atoms with E-state index in [1.54, 1.807) is 12.1 Å². The van der Waals surface area contributed by atoms with Crippen LogP contribution in [0, 0.1) is 5.41 Å². The van der Waals surface area contributed by atoms with E-state index in [2.05, 4.69) is 0 Å². The lowest BCUT2D eigenvalue weighted by Crippen LogP contribution is -2.03. The van der Waals surface area contributed by atoms with Crippen LogP contribution in [0.2, 0.25) is 0 Å². The Kier molecular flexibility index (Phi) is 1.47. The smallest absolute Gasteiger partial charge is 0.116 e. The highest BCUT2D eigenvalue weighted by molar-refractivity contribution is 6.04. The van der Waals surface area contributed by atoms with Gasteiger partial charge >= 0.3 is 0 Å². The first kappa shape index (κ1) is 7.10. The Hall–Kier alpha value is -1.57. The van der Waals surface area contributed by atoms with Crippen molar-refractivity contribution in [1.82, 2.24) is 0 Å². The first-order chi connectivity index (χ1) is 5.77. The highest BCUT2D eigenvalue weighted by Gasteiger charge is 2.09. The topological polar surface area (TPSA) is 44.1 Å². The summed E-state index contributed by atoms with van der Waals surface area (Å²) in [5.74, 6) is 0.230. The molecule has 1 aliphatic rings. The van der Waals surface area contributed by atoms with Crippen LogP contribution < -0.4 is 0 Å². The fourth-order valence-electron chi connectivity index (χ4n) is 1.36. The van der Waals surface area contributed by atoms with Crippen LogP contribution in [-0.4, -0.2) is 10.8 Å². The maximum atomic E-state index is 9.19. The van der Waals surface area contributed by atoms with Crippen molar-refractivity contribution in [3.05, 3.63) is 35.4 Å². The zero-order valence-corrected chi connectivity index (χ0v) is 6.54. The van der Waals surface area contributed by atoms with Crippen molar-refractivity contribution in [2.45, 2.75) is 6.42 Å². The Balaban J connectivity index is 2.63. The van der Waals surface area contributed by atoms with E-state index in [1.165, 1.54) is 0 Å². The molecule has 2 rings (SSSR count). The minimum atomic E-state index is 0.230. The number of hydrogen-bond acceptors (Lipinski definition) is 2. The van der Waals surface area contributed by atoms with E-state index in [0.29, 0.717) is 12.1 Å². The number of hydrogen-bond donors (Lipinski definition) is 2. The van der Waals surface area contributed by atoms with Gasteiger partial charge in [0.2, 0.25) is 0 Å². The van der Waals surface area contributed by atoms with Gasteiger partial charge in [0, 0.05) is 17.7 Å². The van der Waals surface area contributed by atoms with Crippen LogP contribution in [0.25, 0.3) is 6.08 Å². The lowest BCUT2D eigenvalue weighted by molar-refractivity contribution is 0.475. The maximum Gasteiger partial charge on any atom is 0.116 e. The molecule has 1 aliphatic carbocycles. The second-order valence-electron chi connectivity index (χ2n) is 2.86. The van der Waals surface area contributed by atoms with Crippen molar-refractivity contribution >= 4 is 11.8 Å². The maximum absolute atomic E-state index is 9.19. The van der Waals surface area contributed by atoms with Gasteiger partial charge in [0.15, 0.2) is 0 Å². The summed E-state index contributed by atoms with van der Waals surface area (Å²) in [6.07, 6.45) is 4.60. The van der Waals surface area contributed by atoms with E-state index >= 15 is 0 Å². The van der Waals surface area contributed by atoms with Crippen molar-refractivity contribution in [2.24, 2.45) is 0 Å². The van der Waals surface area contributed by atoms with E-state index in [1.807, 2.05) is 18.2 Å². The van der Waals surface area contributed by atoms with E-state index in [4.69, 9.17) is 5.41 Å². The van der Waals surface area contributed by atoms with Gasteiger partial charge in [-0.25, -0.2) is 0 Å². The number of aromatic hydroxyl groups is 1. The first-order valence-corrected chi connectivity index (χ1v) is 3.85. The van der Waals surface area contributed by atoms with E-state index < -0.39 is 0 Å². The first-order valence-electron chi connectivity index (χ1n) is 3.85. The quantitative estimate of drug-likeness (QED) is 0.598. The second kappa shape index (κ2) is 2.48. The average Bonchev–Trinajstić information content (AvgIpc) is 2.07. The molecular formula is C10H9NO. The molecule has 0 atom stereocenters. The SMILES string of the molecule is N=C1CC=Cc2ccc(O)cc21. The van der Waals surface area contributed by atoms with Crippen LogP contribution in [0.4, 0.5) is 0 Å². The fourth-order valence-corrected chi connectivity index (χ4v) is 1.36. The number of benzene rings is 1. The van der Waals surface area contributed by atoms with Gasteiger partial charge in [-0.1, -0.05) is 18.2 Å². The summed E-state index contributed by atoms with van der Waals surface area (Å²) in [5, 5.41) is 16.8.